The van der Waals surface area contributed by atoms with Crippen molar-refractivity contribution in [1.82, 2.24) is 8.87 Å². The van der Waals surface area contributed by atoms with E-state index in [4.69, 9.17) is 0 Å². The first-order valence-corrected chi connectivity index (χ1v) is 10.6. The standard InChI is InChI=1S/C16H21N3O3S2/c1-11-7-8-12-14(10-11)23-16(18(12)2)17-15(20)13-6-4-5-9-19(13)24(3,21)22/h7-8,10,13H,4-6,9H2,1-3H3. The van der Waals surface area contributed by atoms with E-state index in [1.54, 1.807) is 0 Å². The van der Waals surface area contributed by atoms with Crippen LogP contribution < -0.4 is 4.80 Å². The lowest BCUT2D eigenvalue weighted by molar-refractivity contribution is -0.122. The average Bonchev–Trinajstić information content (AvgIpc) is 2.82. The molecular weight excluding hydrogens is 346 g/mol. The monoisotopic (exact) mass is 367 g/mol. The third-order valence-electron chi connectivity index (χ3n) is 4.34. The summed E-state index contributed by atoms with van der Waals surface area (Å²) in [6, 6.07) is 5.41. The van der Waals surface area contributed by atoms with Crippen LogP contribution in [-0.4, -0.2) is 42.0 Å². The highest BCUT2D eigenvalue weighted by Gasteiger charge is 2.34. The maximum atomic E-state index is 12.6. The molecule has 1 aromatic heterocycles. The predicted molar refractivity (Wildman–Crippen MR) is 95.3 cm³/mol. The van der Waals surface area contributed by atoms with Gasteiger partial charge in [-0.25, -0.2) is 8.42 Å². The highest BCUT2D eigenvalue weighted by molar-refractivity contribution is 7.88. The first-order valence-electron chi connectivity index (χ1n) is 7.89. The fourth-order valence-electron chi connectivity index (χ4n) is 3.07. The molecule has 0 radical (unpaired) electrons. The van der Waals surface area contributed by atoms with E-state index < -0.39 is 16.1 Å². The smallest absolute Gasteiger partial charge is 0.266 e. The Bertz CT molecular complexity index is 957. The zero-order chi connectivity index (χ0) is 17.5. The van der Waals surface area contributed by atoms with Gasteiger partial charge < -0.3 is 4.57 Å². The van der Waals surface area contributed by atoms with Gasteiger partial charge in [0.2, 0.25) is 10.0 Å². The van der Waals surface area contributed by atoms with E-state index in [2.05, 4.69) is 11.1 Å². The first kappa shape index (κ1) is 17.3. The Hall–Kier alpha value is -1.51. The Balaban J connectivity index is 2.01. The molecule has 1 aromatic carbocycles. The van der Waals surface area contributed by atoms with Gasteiger partial charge in [0.05, 0.1) is 16.5 Å². The predicted octanol–water partition coefficient (Wildman–Crippen LogP) is 1.79. The van der Waals surface area contributed by atoms with Crippen LogP contribution in [-0.2, 0) is 21.9 Å². The van der Waals surface area contributed by atoms with Gasteiger partial charge >= 0.3 is 0 Å². The number of hydrogen-bond donors (Lipinski definition) is 0. The van der Waals surface area contributed by atoms with E-state index in [1.165, 1.54) is 15.6 Å². The van der Waals surface area contributed by atoms with E-state index in [1.807, 2.05) is 30.7 Å². The highest BCUT2D eigenvalue weighted by Crippen LogP contribution is 2.21. The number of benzene rings is 1. The number of carbonyl (C=O) groups excluding carboxylic acids is 1. The molecule has 2 heterocycles. The maximum Gasteiger partial charge on any atom is 0.266 e. The molecule has 1 atom stereocenters. The summed E-state index contributed by atoms with van der Waals surface area (Å²) in [5, 5.41) is 0. The SMILES string of the molecule is Cc1ccc2c(c1)sc(=NC(=O)C1CCCCN1S(C)(=O)=O)n2C. The van der Waals surface area contributed by atoms with Crippen LogP contribution in [0.5, 0.6) is 0 Å². The van der Waals surface area contributed by atoms with Crippen molar-refractivity contribution in [2.75, 3.05) is 12.8 Å². The van der Waals surface area contributed by atoms with Gasteiger partial charge in [0.1, 0.15) is 6.04 Å². The second-order valence-electron chi connectivity index (χ2n) is 6.25. The zero-order valence-corrected chi connectivity index (χ0v) is 15.7. The molecule has 2 aromatic rings. The number of amides is 1. The minimum absolute atomic E-state index is 0.376. The van der Waals surface area contributed by atoms with Gasteiger partial charge in [-0.15, -0.1) is 0 Å². The third-order valence-corrected chi connectivity index (χ3v) is 6.72. The van der Waals surface area contributed by atoms with Crippen molar-refractivity contribution in [3.63, 3.8) is 0 Å². The molecule has 0 saturated carbocycles. The molecule has 6 nitrogen and oxygen atoms in total. The molecule has 0 aliphatic carbocycles. The summed E-state index contributed by atoms with van der Waals surface area (Å²) in [5.74, 6) is -0.376. The van der Waals surface area contributed by atoms with Gasteiger partial charge in [-0.3, -0.25) is 4.79 Å². The number of piperidine rings is 1. The lowest BCUT2D eigenvalue weighted by Crippen LogP contribution is -2.47. The van der Waals surface area contributed by atoms with Crippen LogP contribution in [0.25, 0.3) is 10.2 Å². The first-order chi connectivity index (χ1) is 11.3. The molecule has 0 spiro atoms. The Morgan fingerprint density at radius 2 is 2.08 bits per heavy atom. The van der Waals surface area contributed by atoms with E-state index in [0.717, 1.165) is 34.9 Å². The summed E-state index contributed by atoms with van der Waals surface area (Å²) >= 11 is 1.45. The molecule has 130 valence electrons. The van der Waals surface area contributed by atoms with Gasteiger partial charge in [-0.2, -0.15) is 9.30 Å². The molecule has 1 fully saturated rings. The van der Waals surface area contributed by atoms with Crippen molar-refractivity contribution < 1.29 is 13.2 Å². The molecule has 3 rings (SSSR count). The Morgan fingerprint density at radius 1 is 1.33 bits per heavy atom. The topological polar surface area (TPSA) is 71.7 Å². The number of fused-ring (bicyclic) bond motifs is 1. The van der Waals surface area contributed by atoms with E-state index in [-0.39, 0.29) is 5.91 Å². The number of aromatic nitrogens is 1. The van der Waals surface area contributed by atoms with Crippen molar-refractivity contribution in [2.45, 2.75) is 32.2 Å². The van der Waals surface area contributed by atoms with Gasteiger partial charge in [0, 0.05) is 13.6 Å². The van der Waals surface area contributed by atoms with Crippen LogP contribution in [0.2, 0.25) is 0 Å². The van der Waals surface area contributed by atoms with E-state index in [0.29, 0.717) is 17.8 Å². The second-order valence-corrected chi connectivity index (χ2v) is 9.19. The van der Waals surface area contributed by atoms with Crippen LogP contribution >= 0.6 is 11.3 Å². The van der Waals surface area contributed by atoms with Crippen molar-refractivity contribution in [3.05, 3.63) is 28.6 Å². The fraction of sp³-hybridized carbons (Fsp3) is 0.500. The number of thiazole rings is 1. The van der Waals surface area contributed by atoms with Gasteiger partial charge in [0.15, 0.2) is 4.80 Å². The number of rotatable bonds is 2. The zero-order valence-electron chi connectivity index (χ0n) is 14.0. The van der Waals surface area contributed by atoms with Gasteiger partial charge in [-0.1, -0.05) is 23.8 Å². The molecule has 8 heteroatoms. The van der Waals surface area contributed by atoms with Gasteiger partial charge in [0.25, 0.3) is 5.91 Å². The quantitative estimate of drug-likeness (QED) is 0.812. The summed E-state index contributed by atoms with van der Waals surface area (Å²) in [4.78, 5) is 17.5. The molecule has 1 saturated heterocycles. The summed E-state index contributed by atoms with van der Waals surface area (Å²) < 4.78 is 28.1. The fourth-order valence-corrected chi connectivity index (χ4v) is 5.31. The summed E-state index contributed by atoms with van der Waals surface area (Å²) in [7, 11) is -1.53. The molecule has 0 bridgehead atoms. The Morgan fingerprint density at radius 3 is 2.79 bits per heavy atom. The molecule has 0 N–H and O–H groups in total. The maximum absolute atomic E-state index is 12.6. The van der Waals surface area contributed by atoms with Crippen molar-refractivity contribution in [2.24, 2.45) is 12.0 Å². The van der Waals surface area contributed by atoms with Crippen LogP contribution in [0, 0.1) is 6.92 Å². The summed E-state index contributed by atoms with van der Waals surface area (Å²) in [6.07, 6.45) is 3.31. The summed E-state index contributed by atoms with van der Waals surface area (Å²) in [5.41, 5.74) is 2.17. The molecule has 1 unspecified atom stereocenters. The van der Waals surface area contributed by atoms with Crippen LogP contribution in [0.15, 0.2) is 23.2 Å². The number of aryl methyl sites for hydroxylation is 2. The number of sulfonamides is 1. The molecule has 24 heavy (non-hydrogen) atoms. The lowest BCUT2D eigenvalue weighted by Gasteiger charge is -2.31. The molecule has 1 aliphatic rings. The highest BCUT2D eigenvalue weighted by atomic mass is 32.2. The van der Waals surface area contributed by atoms with Crippen molar-refractivity contribution >= 4 is 37.5 Å². The molecular formula is C16H21N3O3S2. The second kappa shape index (κ2) is 6.42. The van der Waals surface area contributed by atoms with Crippen LogP contribution in [0.3, 0.4) is 0 Å². The summed E-state index contributed by atoms with van der Waals surface area (Å²) in [6.45, 7) is 2.41. The lowest BCUT2D eigenvalue weighted by atomic mass is 10.0. The number of nitrogens with zero attached hydrogens (tertiary/aromatic N) is 3. The minimum Gasteiger partial charge on any atom is -0.319 e. The number of hydrogen-bond acceptors (Lipinski definition) is 4. The van der Waals surface area contributed by atoms with Crippen molar-refractivity contribution in [3.8, 4) is 0 Å². The van der Waals surface area contributed by atoms with Gasteiger partial charge in [-0.05, 0) is 37.5 Å². The minimum atomic E-state index is -3.40. The molecule has 1 amide bonds. The Labute approximate surface area is 145 Å². The number of carbonyl (C=O) groups is 1. The van der Waals surface area contributed by atoms with E-state index >= 15 is 0 Å². The third kappa shape index (κ3) is 3.31. The largest absolute Gasteiger partial charge is 0.319 e. The average molecular weight is 367 g/mol. The van der Waals surface area contributed by atoms with E-state index in [9.17, 15) is 13.2 Å². The Kier molecular flexibility index (Phi) is 4.63. The van der Waals surface area contributed by atoms with Crippen molar-refractivity contribution in [1.29, 1.82) is 0 Å². The molecule has 1 aliphatic heterocycles. The normalized spacial score (nSPS) is 20.6. The van der Waals surface area contributed by atoms with Crippen LogP contribution in [0.1, 0.15) is 24.8 Å². The van der Waals surface area contributed by atoms with Crippen LogP contribution in [0.4, 0.5) is 0 Å².